The number of hydrogen-bond donors (Lipinski definition) is 2. The molecule has 0 radical (unpaired) electrons. The highest BCUT2D eigenvalue weighted by Crippen LogP contribution is 2.37. The van der Waals surface area contributed by atoms with Crippen LogP contribution in [0.3, 0.4) is 0 Å². The van der Waals surface area contributed by atoms with Gasteiger partial charge in [-0.3, -0.25) is 9.78 Å². The Morgan fingerprint density at radius 1 is 1.22 bits per heavy atom. The number of hydrogen-bond acceptors (Lipinski definition) is 5. The zero-order valence-corrected chi connectivity index (χ0v) is 17.9. The molecule has 1 aromatic heterocycles. The molecule has 1 heterocycles. The van der Waals surface area contributed by atoms with Crippen LogP contribution in [0.4, 0.5) is 13.2 Å². The molecule has 0 aromatic carbocycles. The van der Waals surface area contributed by atoms with E-state index in [4.69, 9.17) is 4.43 Å². The fourth-order valence-electron chi connectivity index (χ4n) is 1.98. The first-order valence-electron chi connectivity index (χ1n) is 8.71. The van der Waals surface area contributed by atoms with Gasteiger partial charge in [-0.05, 0) is 25.1 Å². The zero-order valence-electron chi connectivity index (χ0n) is 16.9. The Morgan fingerprint density at radius 2 is 1.81 bits per heavy atom. The van der Waals surface area contributed by atoms with Crippen molar-refractivity contribution >= 4 is 14.2 Å². The minimum atomic E-state index is -4.52. The molecule has 0 aliphatic rings. The molecule has 0 saturated carbocycles. The van der Waals surface area contributed by atoms with Gasteiger partial charge in [0.15, 0.2) is 14.0 Å². The van der Waals surface area contributed by atoms with E-state index in [1.54, 1.807) is 6.92 Å². The Hall–Kier alpha value is -1.52. The van der Waals surface area contributed by atoms with Crippen LogP contribution in [0.2, 0.25) is 18.1 Å². The van der Waals surface area contributed by atoms with Crippen molar-refractivity contribution in [2.45, 2.75) is 64.1 Å². The summed E-state index contributed by atoms with van der Waals surface area (Å²) in [5, 5.41) is 5.63. The molecule has 0 aliphatic carbocycles. The fourth-order valence-corrected chi connectivity index (χ4v) is 3.23. The number of nitrogens with one attached hydrogen (secondary N) is 2. The van der Waals surface area contributed by atoms with Gasteiger partial charge in [-0.25, -0.2) is 4.98 Å². The van der Waals surface area contributed by atoms with Crippen LogP contribution in [0.25, 0.3) is 0 Å². The third kappa shape index (κ3) is 6.54. The molecular formula is C17H29F3N4O2Si. The Kier molecular flexibility index (Phi) is 7.54. The summed E-state index contributed by atoms with van der Waals surface area (Å²) in [5.74, 6) is -0.252. The van der Waals surface area contributed by atoms with Gasteiger partial charge in [0, 0.05) is 19.6 Å². The highest BCUT2D eigenvalue weighted by atomic mass is 28.4. The number of nitrogens with zero attached hydrogens (tertiary/aromatic N) is 2. The van der Waals surface area contributed by atoms with Gasteiger partial charge in [-0.15, -0.1) is 0 Å². The number of rotatable bonds is 7. The largest absolute Gasteiger partial charge is 0.434 e. The molecule has 0 spiro atoms. The van der Waals surface area contributed by atoms with Gasteiger partial charge in [-0.2, -0.15) is 13.2 Å². The molecule has 0 saturated heterocycles. The third-order valence-corrected chi connectivity index (χ3v) is 9.28. The summed E-state index contributed by atoms with van der Waals surface area (Å²) in [7, 11) is -0.644. The number of halogens is 3. The van der Waals surface area contributed by atoms with E-state index >= 15 is 0 Å². The van der Waals surface area contributed by atoms with Crippen LogP contribution < -0.4 is 10.6 Å². The van der Waals surface area contributed by atoms with Crippen LogP contribution >= 0.6 is 0 Å². The average Bonchev–Trinajstić information content (AvgIpc) is 2.55. The van der Waals surface area contributed by atoms with Crippen LogP contribution in [0, 0.1) is 0 Å². The molecule has 2 N–H and O–H groups in total. The Labute approximate surface area is 159 Å². The van der Waals surface area contributed by atoms with Crippen molar-refractivity contribution in [1.82, 2.24) is 20.6 Å². The lowest BCUT2D eigenvalue weighted by atomic mass is 10.2. The molecular weight excluding hydrogens is 377 g/mol. The SMILES string of the molecule is CNC(=O)[C@@H](CN[C@@H](C)c1cnc(C(F)(F)F)cn1)O[Si](C)(C)C(C)(C)C. The van der Waals surface area contributed by atoms with E-state index in [-0.39, 0.29) is 17.5 Å². The van der Waals surface area contributed by atoms with Crippen LogP contribution in [-0.2, 0) is 15.4 Å². The first-order valence-corrected chi connectivity index (χ1v) is 11.6. The van der Waals surface area contributed by atoms with E-state index in [0.717, 1.165) is 6.20 Å². The van der Waals surface area contributed by atoms with E-state index in [1.165, 1.54) is 7.05 Å². The summed E-state index contributed by atoms with van der Waals surface area (Å²) in [6.07, 6.45) is -3.44. The topological polar surface area (TPSA) is 76.1 Å². The van der Waals surface area contributed by atoms with Crippen LogP contribution in [0.1, 0.15) is 45.1 Å². The lowest BCUT2D eigenvalue weighted by Gasteiger charge is -2.39. The number of aromatic nitrogens is 2. The lowest BCUT2D eigenvalue weighted by molar-refractivity contribution is -0.141. The van der Waals surface area contributed by atoms with E-state index in [1.807, 2.05) is 13.1 Å². The molecule has 1 aromatic rings. The summed E-state index contributed by atoms with van der Waals surface area (Å²) < 4.78 is 43.9. The van der Waals surface area contributed by atoms with Crippen molar-refractivity contribution in [3.63, 3.8) is 0 Å². The Bertz CT molecular complexity index is 631. The number of likely N-dealkylation sites (N-methyl/N-ethyl adjacent to an activating group) is 1. The summed E-state index contributed by atoms with van der Waals surface area (Å²) in [5.41, 5.74) is -0.686. The minimum absolute atomic E-state index is 0.0657. The molecule has 2 atom stereocenters. The molecule has 1 rings (SSSR count). The second-order valence-electron chi connectivity index (χ2n) is 7.94. The van der Waals surface area contributed by atoms with Gasteiger partial charge in [0.2, 0.25) is 5.91 Å². The van der Waals surface area contributed by atoms with Crippen LogP contribution in [0.5, 0.6) is 0 Å². The van der Waals surface area contributed by atoms with E-state index < -0.39 is 32.3 Å². The standard InChI is InChI=1S/C17H29F3N4O2Si/c1-11(12-8-24-14(10-23-12)17(18,19)20)22-9-13(15(25)21-5)26-27(6,7)16(2,3)4/h8,10-11,13,22H,9H2,1-7H3,(H,21,25)/t11-,13+/m0/s1. The van der Waals surface area contributed by atoms with Crippen molar-refractivity contribution in [2.75, 3.05) is 13.6 Å². The van der Waals surface area contributed by atoms with Crippen LogP contribution in [-0.4, -0.2) is 43.9 Å². The summed E-state index contributed by atoms with van der Waals surface area (Å²) >= 11 is 0. The quantitative estimate of drug-likeness (QED) is 0.680. The first-order chi connectivity index (χ1) is 12.2. The maximum Gasteiger partial charge on any atom is 0.434 e. The molecule has 0 aliphatic heterocycles. The molecule has 6 nitrogen and oxygen atoms in total. The maximum atomic E-state index is 12.6. The normalized spacial score (nSPS) is 15.3. The smallest absolute Gasteiger partial charge is 0.404 e. The van der Waals surface area contributed by atoms with Gasteiger partial charge in [-0.1, -0.05) is 20.8 Å². The van der Waals surface area contributed by atoms with Crippen molar-refractivity contribution in [1.29, 1.82) is 0 Å². The van der Waals surface area contributed by atoms with Gasteiger partial charge < -0.3 is 15.1 Å². The second-order valence-corrected chi connectivity index (χ2v) is 12.7. The summed E-state index contributed by atoms with van der Waals surface area (Å²) in [6, 6.07) is -0.394. The van der Waals surface area contributed by atoms with Crippen molar-refractivity contribution in [3.05, 3.63) is 23.8 Å². The van der Waals surface area contributed by atoms with E-state index in [9.17, 15) is 18.0 Å². The average molecular weight is 407 g/mol. The van der Waals surface area contributed by atoms with Gasteiger partial charge in [0.1, 0.15) is 6.10 Å². The molecule has 0 bridgehead atoms. The third-order valence-electron chi connectivity index (χ3n) is 4.80. The van der Waals surface area contributed by atoms with Crippen molar-refractivity contribution in [3.8, 4) is 0 Å². The Morgan fingerprint density at radius 3 is 2.22 bits per heavy atom. The zero-order chi connectivity index (χ0) is 21.0. The van der Waals surface area contributed by atoms with Gasteiger partial charge >= 0.3 is 6.18 Å². The fraction of sp³-hybridized carbons (Fsp3) is 0.706. The van der Waals surface area contributed by atoms with E-state index in [2.05, 4.69) is 41.4 Å². The second kappa shape index (κ2) is 8.66. The first kappa shape index (κ1) is 23.5. The highest BCUT2D eigenvalue weighted by Gasteiger charge is 2.40. The highest BCUT2D eigenvalue weighted by molar-refractivity contribution is 6.74. The summed E-state index contributed by atoms with van der Waals surface area (Å²) in [6.45, 7) is 12.3. The minimum Gasteiger partial charge on any atom is -0.404 e. The number of carbonyl (C=O) groups excluding carboxylic acids is 1. The van der Waals surface area contributed by atoms with Gasteiger partial charge in [0.05, 0.1) is 18.1 Å². The lowest BCUT2D eigenvalue weighted by Crippen LogP contribution is -2.51. The molecule has 0 unspecified atom stereocenters. The molecule has 10 heteroatoms. The van der Waals surface area contributed by atoms with Crippen molar-refractivity contribution in [2.24, 2.45) is 0 Å². The molecule has 154 valence electrons. The van der Waals surface area contributed by atoms with Crippen LogP contribution in [0.15, 0.2) is 12.4 Å². The number of amides is 1. The molecule has 27 heavy (non-hydrogen) atoms. The van der Waals surface area contributed by atoms with Crippen molar-refractivity contribution < 1.29 is 22.4 Å². The molecule has 1 amide bonds. The predicted molar refractivity (Wildman–Crippen MR) is 99.6 cm³/mol. The maximum absolute atomic E-state index is 12.6. The van der Waals surface area contributed by atoms with Gasteiger partial charge in [0.25, 0.3) is 0 Å². The summed E-state index contributed by atoms with van der Waals surface area (Å²) in [4.78, 5) is 19.4. The predicted octanol–water partition coefficient (Wildman–Crippen LogP) is 3.28. The number of carbonyl (C=O) groups is 1. The molecule has 0 fully saturated rings. The monoisotopic (exact) mass is 406 g/mol. The Balaban J connectivity index is 2.82. The number of alkyl halides is 3. The van der Waals surface area contributed by atoms with E-state index in [0.29, 0.717) is 11.9 Å².